The van der Waals surface area contributed by atoms with E-state index in [1.807, 2.05) is 83.8 Å². The Morgan fingerprint density at radius 3 is 2.39 bits per heavy atom. The van der Waals surface area contributed by atoms with Crippen LogP contribution in [0, 0.1) is 12.4 Å². The number of hydrogen-bond acceptors (Lipinski definition) is 6. The van der Waals surface area contributed by atoms with Crippen molar-refractivity contribution in [3.63, 3.8) is 0 Å². The van der Waals surface area contributed by atoms with E-state index < -0.39 is 11.8 Å². The highest BCUT2D eigenvalue weighted by molar-refractivity contribution is 7.18. The van der Waals surface area contributed by atoms with E-state index in [-0.39, 0.29) is 17.6 Å². The van der Waals surface area contributed by atoms with Crippen molar-refractivity contribution in [3.8, 4) is 33.1 Å². The van der Waals surface area contributed by atoms with Crippen molar-refractivity contribution in [2.75, 3.05) is 20.2 Å². The van der Waals surface area contributed by atoms with E-state index in [9.17, 15) is 14.0 Å². The van der Waals surface area contributed by atoms with Crippen LogP contribution >= 0.6 is 11.3 Å². The molecule has 10 heteroatoms. The van der Waals surface area contributed by atoms with Crippen molar-refractivity contribution >= 4 is 35.0 Å². The van der Waals surface area contributed by atoms with Gasteiger partial charge in [-0.15, -0.1) is 11.3 Å². The number of likely N-dealkylation sites (tertiary alicyclic amines) is 1. The molecule has 5 aromatic rings. The van der Waals surface area contributed by atoms with Gasteiger partial charge in [-0.1, -0.05) is 66.7 Å². The standard InChI is InChI=1S/C41H36FN3O5S/c1-43-35-15-13-30(22-34(35)42)33-24-38(51-40(33)31-14-16-36(49-2)37(23-31)50-26-29-6-4-3-5-7-29)41(48)45-20-18-32(19-21-45)44-25-28-10-8-27(9-11-28)12-17-39(46)47/h3-17,22-24,32,44H,18-21,25-26H2,2H3,(H,46,47)/b17-12+. The Morgan fingerprint density at radius 2 is 1.71 bits per heavy atom. The van der Waals surface area contributed by atoms with Crippen molar-refractivity contribution in [2.24, 2.45) is 0 Å². The first-order chi connectivity index (χ1) is 24.8. The Labute approximate surface area is 300 Å². The molecule has 1 aromatic heterocycles. The second-order valence-corrected chi connectivity index (χ2v) is 13.2. The first-order valence-electron chi connectivity index (χ1n) is 16.5. The molecule has 6 rings (SSSR count). The summed E-state index contributed by atoms with van der Waals surface area (Å²) in [6.07, 6.45) is 4.26. The van der Waals surface area contributed by atoms with Crippen molar-refractivity contribution in [1.29, 1.82) is 0 Å². The number of carbonyl (C=O) groups excluding carboxylic acids is 1. The number of hydrogen-bond donors (Lipinski definition) is 2. The lowest BCUT2D eigenvalue weighted by atomic mass is 10.0. The van der Waals surface area contributed by atoms with Gasteiger partial charge in [0, 0.05) is 42.2 Å². The van der Waals surface area contributed by atoms with E-state index in [0.717, 1.165) is 46.0 Å². The number of thiophene rings is 1. The van der Waals surface area contributed by atoms with Gasteiger partial charge in [-0.2, -0.15) is 0 Å². The number of ether oxygens (including phenoxy) is 2. The molecule has 0 atom stereocenters. The van der Waals surface area contributed by atoms with Crippen LogP contribution in [-0.4, -0.2) is 48.1 Å². The number of rotatable bonds is 12. The average molecular weight is 702 g/mol. The van der Waals surface area contributed by atoms with E-state index in [1.165, 1.54) is 23.5 Å². The zero-order chi connectivity index (χ0) is 35.7. The normalized spacial score (nSPS) is 13.2. The number of halogens is 1. The molecule has 0 spiro atoms. The molecule has 2 N–H and O–H groups in total. The van der Waals surface area contributed by atoms with Gasteiger partial charge in [-0.05, 0) is 77.1 Å². The molecular weight excluding hydrogens is 666 g/mol. The fourth-order valence-electron chi connectivity index (χ4n) is 5.98. The lowest BCUT2D eigenvalue weighted by Crippen LogP contribution is -2.44. The summed E-state index contributed by atoms with van der Waals surface area (Å²) in [4.78, 5) is 31.2. The maximum absolute atomic E-state index is 14.9. The van der Waals surface area contributed by atoms with Gasteiger partial charge < -0.3 is 24.8 Å². The topological polar surface area (TPSA) is 92.5 Å². The van der Waals surface area contributed by atoms with E-state index in [1.54, 1.807) is 19.3 Å². The van der Waals surface area contributed by atoms with Crippen molar-refractivity contribution in [3.05, 3.63) is 142 Å². The predicted octanol–water partition coefficient (Wildman–Crippen LogP) is 8.85. The Balaban J connectivity index is 1.19. The molecule has 1 saturated heterocycles. The van der Waals surface area contributed by atoms with Crippen LogP contribution in [0.5, 0.6) is 11.5 Å². The van der Waals surface area contributed by atoms with Crippen LogP contribution in [0.3, 0.4) is 0 Å². The molecule has 1 amide bonds. The number of amides is 1. The smallest absolute Gasteiger partial charge is 0.328 e. The summed E-state index contributed by atoms with van der Waals surface area (Å²) in [7, 11) is 1.58. The molecule has 4 aromatic carbocycles. The summed E-state index contributed by atoms with van der Waals surface area (Å²) in [6, 6.07) is 29.7. The van der Waals surface area contributed by atoms with Crippen molar-refractivity contribution in [2.45, 2.75) is 32.0 Å². The van der Waals surface area contributed by atoms with Gasteiger partial charge in [-0.25, -0.2) is 14.0 Å². The van der Waals surface area contributed by atoms with Crippen molar-refractivity contribution < 1.29 is 28.6 Å². The van der Waals surface area contributed by atoms with Gasteiger partial charge >= 0.3 is 5.97 Å². The number of carboxylic acids is 1. The van der Waals surface area contributed by atoms with Gasteiger partial charge in [0.2, 0.25) is 5.69 Å². The summed E-state index contributed by atoms with van der Waals surface area (Å²) >= 11 is 1.35. The fraction of sp³-hybridized carbons (Fsp3) is 0.195. The highest BCUT2D eigenvalue weighted by Gasteiger charge is 2.27. The second-order valence-electron chi connectivity index (χ2n) is 12.1. The molecule has 0 aliphatic carbocycles. The summed E-state index contributed by atoms with van der Waals surface area (Å²) in [5.41, 5.74) is 4.91. The molecule has 0 radical (unpaired) electrons. The van der Waals surface area contributed by atoms with Gasteiger partial charge in [-0.3, -0.25) is 4.79 Å². The Bertz CT molecular complexity index is 2080. The van der Waals surface area contributed by atoms with E-state index >= 15 is 0 Å². The number of aliphatic carboxylic acids is 1. The molecule has 0 saturated carbocycles. The molecule has 1 aliphatic heterocycles. The molecule has 2 heterocycles. The van der Waals surface area contributed by atoms with Gasteiger partial charge in [0.05, 0.1) is 18.6 Å². The number of carboxylic acid groups (broad SMARTS) is 1. The summed E-state index contributed by atoms with van der Waals surface area (Å²) in [5, 5.41) is 12.4. The third-order valence-electron chi connectivity index (χ3n) is 8.76. The first kappa shape index (κ1) is 35.1. The average Bonchev–Trinajstić information content (AvgIpc) is 3.62. The fourth-order valence-corrected chi connectivity index (χ4v) is 7.12. The number of benzene rings is 4. The Kier molecular flexibility index (Phi) is 11.2. The summed E-state index contributed by atoms with van der Waals surface area (Å²) < 4.78 is 26.7. The Hall–Kier alpha value is -5.76. The van der Waals surface area contributed by atoms with Crippen LogP contribution in [0.1, 0.15) is 39.2 Å². The SMILES string of the molecule is [C-]#[N+]c1ccc(-c2cc(C(=O)N3CCC(NCc4ccc(/C=C/C(=O)O)cc4)CC3)sc2-c2ccc(OC)c(OCc3ccccc3)c2)cc1F. The molecular formula is C41H36FN3O5S. The lowest BCUT2D eigenvalue weighted by molar-refractivity contribution is -0.131. The van der Waals surface area contributed by atoms with Crippen molar-refractivity contribution in [1.82, 2.24) is 10.2 Å². The molecule has 8 nitrogen and oxygen atoms in total. The minimum absolute atomic E-state index is 0.0609. The maximum Gasteiger partial charge on any atom is 0.328 e. The van der Waals surface area contributed by atoms with Crippen LogP contribution in [0.2, 0.25) is 0 Å². The number of nitrogens with zero attached hydrogens (tertiary/aromatic N) is 2. The number of carbonyl (C=O) groups is 2. The molecule has 51 heavy (non-hydrogen) atoms. The van der Waals surface area contributed by atoms with Crippen LogP contribution in [0.15, 0.2) is 103 Å². The zero-order valence-corrected chi connectivity index (χ0v) is 28.8. The van der Waals surface area contributed by atoms with Gasteiger partial charge in [0.15, 0.2) is 11.5 Å². The second kappa shape index (κ2) is 16.3. The van der Waals surface area contributed by atoms with Crippen LogP contribution in [0.4, 0.5) is 10.1 Å². The first-order valence-corrected chi connectivity index (χ1v) is 17.3. The van der Waals surface area contributed by atoms with Crippen LogP contribution in [-0.2, 0) is 17.9 Å². The third-order valence-corrected chi connectivity index (χ3v) is 9.93. The quantitative estimate of drug-likeness (QED) is 0.0998. The van der Waals surface area contributed by atoms with E-state index in [4.69, 9.17) is 21.2 Å². The predicted molar refractivity (Wildman–Crippen MR) is 198 cm³/mol. The molecule has 0 bridgehead atoms. The van der Waals surface area contributed by atoms with E-state index in [2.05, 4.69) is 10.2 Å². The van der Waals surface area contributed by atoms with Crippen LogP contribution in [0.25, 0.3) is 32.5 Å². The largest absolute Gasteiger partial charge is 0.493 e. The number of nitrogens with one attached hydrogen (secondary N) is 1. The molecule has 1 aliphatic rings. The highest BCUT2D eigenvalue weighted by atomic mass is 32.1. The minimum atomic E-state index is -0.982. The Morgan fingerprint density at radius 1 is 0.961 bits per heavy atom. The summed E-state index contributed by atoms with van der Waals surface area (Å²) in [5.74, 6) is -0.568. The zero-order valence-electron chi connectivity index (χ0n) is 28.0. The molecule has 1 fully saturated rings. The van der Waals surface area contributed by atoms with Crippen LogP contribution < -0.4 is 14.8 Å². The van der Waals surface area contributed by atoms with Gasteiger partial charge in [0.25, 0.3) is 5.91 Å². The minimum Gasteiger partial charge on any atom is -0.493 e. The lowest BCUT2D eigenvalue weighted by Gasteiger charge is -2.32. The van der Waals surface area contributed by atoms with Gasteiger partial charge in [0.1, 0.15) is 12.4 Å². The third kappa shape index (κ3) is 8.70. The maximum atomic E-state index is 14.9. The van der Waals surface area contributed by atoms with E-state index in [0.29, 0.717) is 53.7 Å². The number of methoxy groups -OCH3 is 1. The highest BCUT2D eigenvalue weighted by Crippen LogP contribution is 2.43. The molecule has 0 unspecified atom stereocenters. The summed E-state index contributed by atoms with van der Waals surface area (Å²) in [6.45, 7) is 9.47. The number of piperidine rings is 1. The molecule has 258 valence electrons. The monoisotopic (exact) mass is 701 g/mol.